The Labute approximate surface area is 74.7 Å². The first-order chi connectivity index (χ1) is 5.77. The lowest BCUT2D eigenvalue weighted by atomic mass is 9.96. The standard InChI is InChI=1S/C10H17NO/c1-3-4-8-12-10(2)6-5-7-11-9-10/h1,11H,4-9H2,2H3. The molecule has 0 aromatic carbocycles. The molecule has 2 heteroatoms. The van der Waals surface area contributed by atoms with Gasteiger partial charge in [0.1, 0.15) is 0 Å². The van der Waals surface area contributed by atoms with E-state index in [1.54, 1.807) is 0 Å². The van der Waals surface area contributed by atoms with Gasteiger partial charge in [-0.25, -0.2) is 0 Å². The lowest BCUT2D eigenvalue weighted by Gasteiger charge is -2.33. The first-order valence-electron chi connectivity index (χ1n) is 4.55. The third-order valence-corrected chi connectivity index (χ3v) is 2.26. The van der Waals surface area contributed by atoms with Gasteiger partial charge in [-0.05, 0) is 26.3 Å². The van der Waals surface area contributed by atoms with Crippen LogP contribution in [0.1, 0.15) is 26.2 Å². The van der Waals surface area contributed by atoms with Crippen LogP contribution < -0.4 is 5.32 Å². The van der Waals surface area contributed by atoms with E-state index in [1.807, 2.05) is 0 Å². The first kappa shape index (κ1) is 9.57. The van der Waals surface area contributed by atoms with E-state index in [0.29, 0.717) is 6.61 Å². The molecule has 0 spiro atoms. The average molecular weight is 167 g/mol. The summed E-state index contributed by atoms with van der Waals surface area (Å²) < 4.78 is 5.71. The molecule has 0 radical (unpaired) electrons. The molecule has 1 heterocycles. The molecular weight excluding hydrogens is 150 g/mol. The van der Waals surface area contributed by atoms with Crippen LogP contribution in [-0.2, 0) is 4.74 Å². The zero-order valence-corrected chi connectivity index (χ0v) is 7.73. The maximum atomic E-state index is 5.71. The van der Waals surface area contributed by atoms with Crippen LogP contribution in [0.4, 0.5) is 0 Å². The van der Waals surface area contributed by atoms with E-state index in [1.165, 1.54) is 6.42 Å². The van der Waals surface area contributed by atoms with Gasteiger partial charge in [0.25, 0.3) is 0 Å². The third kappa shape index (κ3) is 2.84. The van der Waals surface area contributed by atoms with Gasteiger partial charge in [-0.2, -0.15) is 0 Å². The summed E-state index contributed by atoms with van der Waals surface area (Å²) in [7, 11) is 0. The fraction of sp³-hybridized carbons (Fsp3) is 0.800. The largest absolute Gasteiger partial charge is 0.373 e. The van der Waals surface area contributed by atoms with Gasteiger partial charge >= 0.3 is 0 Å². The van der Waals surface area contributed by atoms with Crippen molar-refractivity contribution in [3.05, 3.63) is 0 Å². The van der Waals surface area contributed by atoms with Crippen LogP contribution >= 0.6 is 0 Å². The Morgan fingerprint density at radius 3 is 3.08 bits per heavy atom. The summed E-state index contributed by atoms with van der Waals surface area (Å²) in [6.07, 6.45) is 8.20. The highest BCUT2D eigenvalue weighted by Gasteiger charge is 2.26. The van der Waals surface area contributed by atoms with Gasteiger partial charge in [-0.1, -0.05) is 0 Å². The van der Waals surface area contributed by atoms with Gasteiger partial charge in [0.15, 0.2) is 0 Å². The van der Waals surface area contributed by atoms with Crippen molar-refractivity contribution < 1.29 is 4.74 Å². The summed E-state index contributed by atoms with van der Waals surface area (Å²) in [4.78, 5) is 0. The lowest BCUT2D eigenvalue weighted by molar-refractivity contribution is -0.0438. The second-order valence-corrected chi connectivity index (χ2v) is 3.53. The van der Waals surface area contributed by atoms with E-state index in [4.69, 9.17) is 11.2 Å². The van der Waals surface area contributed by atoms with Crippen LogP contribution in [0.5, 0.6) is 0 Å². The molecule has 0 bridgehead atoms. The quantitative estimate of drug-likeness (QED) is 0.503. The Hall–Kier alpha value is -0.520. The summed E-state index contributed by atoms with van der Waals surface area (Å²) in [6.45, 7) is 4.91. The van der Waals surface area contributed by atoms with Gasteiger partial charge in [-0.3, -0.25) is 0 Å². The van der Waals surface area contributed by atoms with Crippen molar-refractivity contribution in [2.45, 2.75) is 31.8 Å². The van der Waals surface area contributed by atoms with Crippen molar-refractivity contribution in [2.24, 2.45) is 0 Å². The van der Waals surface area contributed by atoms with E-state index in [0.717, 1.165) is 25.9 Å². The molecule has 1 saturated heterocycles. The third-order valence-electron chi connectivity index (χ3n) is 2.26. The average Bonchev–Trinajstić information content (AvgIpc) is 2.06. The highest BCUT2D eigenvalue weighted by molar-refractivity contribution is 4.86. The molecule has 1 unspecified atom stereocenters. The zero-order valence-electron chi connectivity index (χ0n) is 7.73. The topological polar surface area (TPSA) is 21.3 Å². The number of hydrogen-bond acceptors (Lipinski definition) is 2. The van der Waals surface area contributed by atoms with Crippen LogP contribution in [0.3, 0.4) is 0 Å². The minimum Gasteiger partial charge on any atom is -0.373 e. The SMILES string of the molecule is C#CCCOC1(C)CCCNC1. The number of piperidine rings is 1. The second-order valence-electron chi connectivity index (χ2n) is 3.53. The van der Waals surface area contributed by atoms with Gasteiger partial charge in [0.05, 0.1) is 12.2 Å². The van der Waals surface area contributed by atoms with Gasteiger partial charge in [-0.15, -0.1) is 12.3 Å². The Kier molecular flexibility index (Phi) is 3.58. The molecule has 68 valence electrons. The molecule has 0 aliphatic carbocycles. The highest BCUT2D eigenvalue weighted by atomic mass is 16.5. The first-order valence-corrected chi connectivity index (χ1v) is 4.55. The number of hydrogen-bond donors (Lipinski definition) is 1. The van der Waals surface area contributed by atoms with Crippen molar-refractivity contribution in [1.29, 1.82) is 0 Å². The molecule has 1 aliphatic heterocycles. The molecule has 1 fully saturated rings. The predicted molar refractivity (Wildman–Crippen MR) is 49.9 cm³/mol. The van der Waals surface area contributed by atoms with Crippen molar-refractivity contribution in [3.63, 3.8) is 0 Å². The smallest absolute Gasteiger partial charge is 0.0779 e. The monoisotopic (exact) mass is 167 g/mol. The van der Waals surface area contributed by atoms with Crippen molar-refractivity contribution in [2.75, 3.05) is 19.7 Å². The maximum Gasteiger partial charge on any atom is 0.0779 e. The molecule has 0 aromatic heterocycles. The van der Waals surface area contributed by atoms with E-state index >= 15 is 0 Å². The second kappa shape index (κ2) is 4.49. The minimum absolute atomic E-state index is 0.0229. The number of ether oxygens (including phenoxy) is 1. The molecule has 1 aliphatic rings. The van der Waals surface area contributed by atoms with Gasteiger partial charge < -0.3 is 10.1 Å². The molecule has 1 N–H and O–H groups in total. The van der Waals surface area contributed by atoms with Crippen LogP contribution in [0.25, 0.3) is 0 Å². The molecule has 1 rings (SSSR count). The van der Waals surface area contributed by atoms with Crippen LogP contribution in [0, 0.1) is 12.3 Å². The van der Waals surface area contributed by atoms with E-state index in [2.05, 4.69) is 18.2 Å². The van der Waals surface area contributed by atoms with E-state index in [-0.39, 0.29) is 5.60 Å². The molecule has 0 amide bonds. The van der Waals surface area contributed by atoms with Crippen molar-refractivity contribution >= 4 is 0 Å². The number of nitrogens with one attached hydrogen (secondary N) is 1. The normalized spacial score (nSPS) is 29.7. The Morgan fingerprint density at radius 2 is 2.50 bits per heavy atom. The summed E-state index contributed by atoms with van der Waals surface area (Å²) >= 11 is 0. The summed E-state index contributed by atoms with van der Waals surface area (Å²) in [5.74, 6) is 2.58. The van der Waals surface area contributed by atoms with Crippen LogP contribution in [-0.4, -0.2) is 25.3 Å². The van der Waals surface area contributed by atoms with Crippen LogP contribution in [0.15, 0.2) is 0 Å². The highest BCUT2D eigenvalue weighted by Crippen LogP contribution is 2.19. The predicted octanol–water partition coefficient (Wildman–Crippen LogP) is 1.17. The molecule has 1 atom stereocenters. The Balaban J connectivity index is 2.23. The molecule has 0 aromatic rings. The molecular formula is C10H17NO. The molecule has 2 nitrogen and oxygen atoms in total. The van der Waals surface area contributed by atoms with Gasteiger partial charge in [0.2, 0.25) is 0 Å². The summed E-state index contributed by atoms with van der Waals surface area (Å²) in [5, 5.41) is 3.33. The van der Waals surface area contributed by atoms with E-state index < -0.39 is 0 Å². The Morgan fingerprint density at radius 1 is 1.67 bits per heavy atom. The molecule has 12 heavy (non-hydrogen) atoms. The van der Waals surface area contributed by atoms with E-state index in [9.17, 15) is 0 Å². The maximum absolute atomic E-state index is 5.71. The van der Waals surface area contributed by atoms with Crippen molar-refractivity contribution in [3.8, 4) is 12.3 Å². The number of terminal acetylenes is 1. The van der Waals surface area contributed by atoms with Gasteiger partial charge in [0, 0.05) is 13.0 Å². The van der Waals surface area contributed by atoms with Crippen LogP contribution in [0.2, 0.25) is 0 Å². The summed E-state index contributed by atoms with van der Waals surface area (Å²) in [6, 6.07) is 0. The fourth-order valence-electron chi connectivity index (χ4n) is 1.51. The zero-order chi connectivity index (χ0) is 8.86. The van der Waals surface area contributed by atoms with Crippen molar-refractivity contribution in [1.82, 2.24) is 5.32 Å². The minimum atomic E-state index is 0.0229. The lowest BCUT2D eigenvalue weighted by Crippen LogP contribution is -2.45. The Bertz CT molecular complexity index is 165. The molecule has 0 saturated carbocycles. The summed E-state index contributed by atoms with van der Waals surface area (Å²) in [5.41, 5.74) is 0.0229. The fourth-order valence-corrected chi connectivity index (χ4v) is 1.51. The number of rotatable bonds is 3.